The first kappa shape index (κ1) is 16.9. The van der Waals surface area contributed by atoms with Gasteiger partial charge in [0.25, 0.3) is 0 Å². The lowest BCUT2D eigenvalue weighted by molar-refractivity contribution is -0.107. The molecule has 0 fully saturated rings. The lowest BCUT2D eigenvalue weighted by Gasteiger charge is -2.01. The molecule has 1 heteroatoms. The Morgan fingerprint density at radius 3 is 1.72 bits per heavy atom. The molecule has 1 nitrogen and oxygen atoms in total. The summed E-state index contributed by atoms with van der Waals surface area (Å²) < 4.78 is 0. The van der Waals surface area contributed by atoms with Crippen LogP contribution in [0.5, 0.6) is 0 Å². The predicted octanol–water partition coefficient (Wildman–Crippen LogP) is 5.38. The molecule has 0 rings (SSSR count). The summed E-state index contributed by atoms with van der Waals surface area (Å²) in [6, 6.07) is 0. The number of allylic oxidation sites excluding steroid dienone is 6. The van der Waals surface area contributed by atoms with E-state index in [0.29, 0.717) is 6.42 Å². The Hall–Kier alpha value is -1.11. The highest BCUT2D eigenvalue weighted by atomic mass is 16.1. The maximum atomic E-state index is 10.2. The summed E-state index contributed by atoms with van der Waals surface area (Å²) in [5.74, 6) is 0. The molecule has 0 aromatic rings. The summed E-state index contributed by atoms with van der Waals surface area (Å²) in [6.45, 7) is 8.65. The van der Waals surface area contributed by atoms with Crippen LogP contribution < -0.4 is 0 Å². The number of hydrogen-bond acceptors (Lipinski definition) is 1. The topological polar surface area (TPSA) is 17.1 Å². The third-order valence-electron chi connectivity index (χ3n) is 2.90. The van der Waals surface area contributed by atoms with Crippen molar-refractivity contribution < 1.29 is 4.79 Å². The van der Waals surface area contributed by atoms with Crippen LogP contribution in [0.1, 0.15) is 66.2 Å². The molecule has 0 saturated heterocycles. The fourth-order valence-corrected chi connectivity index (χ4v) is 1.74. The molecule has 0 saturated carbocycles. The fraction of sp³-hybridized carbons (Fsp3) is 0.588. The minimum absolute atomic E-state index is 0.648. The summed E-state index contributed by atoms with van der Waals surface area (Å²) in [5.41, 5.74) is 4.27. The standard InChI is InChI=1S/C17H28O/c1-15(2)9-7-11-17(4)13-8-12-16(3)10-5-6-14-18/h9-10,13-14H,5-8,11-12H2,1-4H3. The lowest BCUT2D eigenvalue weighted by Crippen LogP contribution is -1.81. The quantitative estimate of drug-likeness (QED) is 0.304. The van der Waals surface area contributed by atoms with Gasteiger partial charge in [-0.1, -0.05) is 34.9 Å². The van der Waals surface area contributed by atoms with E-state index in [2.05, 4.69) is 45.9 Å². The van der Waals surface area contributed by atoms with E-state index in [1.54, 1.807) is 0 Å². The van der Waals surface area contributed by atoms with Crippen molar-refractivity contribution in [2.24, 2.45) is 0 Å². The van der Waals surface area contributed by atoms with Gasteiger partial charge >= 0.3 is 0 Å². The Labute approximate surface area is 113 Å². The highest BCUT2D eigenvalue weighted by Crippen LogP contribution is 2.11. The summed E-state index contributed by atoms with van der Waals surface area (Å²) in [5, 5.41) is 0. The van der Waals surface area contributed by atoms with Gasteiger partial charge in [0.15, 0.2) is 0 Å². The van der Waals surface area contributed by atoms with Crippen molar-refractivity contribution in [3.05, 3.63) is 34.9 Å². The molecule has 0 unspecified atom stereocenters. The number of carbonyl (C=O) groups is 1. The smallest absolute Gasteiger partial charge is 0.120 e. The molecule has 102 valence electrons. The van der Waals surface area contributed by atoms with Crippen LogP contribution in [0, 0.1) is 0 Å². The number of aldehydes is 1. The van der Waals surface area contributed by atoms with Gasteiger partial charge in [-0.3, -0.25) is 0 Å². The zero-order valence-electron chi connectivity index (χ0n) is 12.5. The zero-order chi connectivity index (χ0) is 13.8. The number of rotatable bonds is 9. The molecule has 0 spiro atoms. The van der Waals surface area contributed by atoms with E-state index in [-0.39, 0.29) is 0 Å². The Morgan fingerprint density at radius 2 is 1.22 bits per heavy atom. The van der Waals surface area contributed by atoms with Crippen molar-refractivity contribution in [2.75, 3.05) is 0 Å². The van der Waals surface area contributed by atoms with Crippen molar-refractivity contribution in [1.82, 2.24) is 0 Å². The number of unbranched alkanes of at least 4 members (excludes halogenated alkanes) is 1. The first-order chi connectivity index (χ1) is 8.56. The van der Waals surface area contributed by atoms with E-state index in [1.807, 2.05) is 0 Å². The third kappa shape index (κ3) is 11.4. The molecule has 0 aliphatic heterocycles. The molecule has 0 aliphatic carbocycles. The summed E-state index contributed by atoms with van der Waals surface area (Å²) in [4.78, 5) is 10.2. The molecule has 0 heterocycles. The van der Waals surface area contributed by atoms with Gasteiger partial charge in [0.05, 0.1) is 0 Å². The molecule has 0 amide bonds. The average Bonchev–Trinajstić information content (AvgIpc) is 2.29. The Kier molecular flexibility index (Phi) is 10.3. The molecule has 0 aromatic heterocycles. The van der Waals surface area contributed by atoms with Gasteiger partial charge in [0, 0.05) is 6.42 Å². The van der Waals surface area contributed by atoms with E-state index in [9.17, 15) is 4.79 Å². The largest absolute Gasteiger partial charge is 0.303 e. The highest BCUT2D eigenvalue weighted by molar-refractivity contribution is 5.49. The molecule has 0 aliphatic rings. The van der Waals surface area contributed by atoms with Crippen molar-refractivity contribution in [1.29, 1.82) is 0 Å². The van der Waals surface area contributed by atoms with Crippen molar-refractivity contribution in [2.45, 2.75) is 66.2 Å². The molecular formula is C17H28O. The maximum Gasteiger partial charge on any atom is 0.120 e. The molecule has 18 heavy (non-hydrogen) atoms. The second kappa shape index (κ2) is 11.0. The maximum absolute atomic E-state index is 10.2. The van der Waals surface area contributed by atoms with Crippen molar-refractivity contribution in [3.63, 3.8) is 0 Å². The van der Waals surface area contributed by atoms with Gasteiger partial charge in [0.1, 0.15) is 6.29 Å². The van der Waals surface area contributed by atoms with E-state index >= 15 is 0 Å². The Balaban J connectivity index is 3.82. The SMILES string of the molecule is CC(C)=CCCC(C)=CCCC(C)=CCCC=O. The lowest BCUT2D eigenvalue weighted by atomic mass is 10.1. The molecule has 0 N–H and O–H groups in total. The average molecular weight is 248 g/mol. The number of hydrogen-bond donors (Lipinski definition) is 0. The van der Waals surface area contributed by atoms with Gasteiger partial charge in [0.2, 0.25) is 0 Å². The van der Waals surface area contributed by atoms with Gasteiger partial charge in [-0.15, -0.1) is 0 Å². The van der Waals surface area contributed by atoms with Crippen molar-refractivity contribution >= 4 is 6.29 Å². The zero-order valence-corrected chi connectivity index (χ0v) is 12.5. The van der Waals surface area contributed by atoms with E-state index in [4.69, 9.17) is 0 Å². The summed E-state index contributed by atoms with van der Waals surface area (Å²) in [6.07, 6.45) is 13.9. The van der Waals surface area contributed by atoms with Crippen molar-refractivity contribution in [3.8, 4) is 0 Å². The van der Waals surface area contributed by atoms with Gasteiger partial charge in [-0.05, 0) is 59.8 Å². The molecule has 0 aromatic carbocycles. The second-order valence-electron chi connectivity index (χ2n) is 5.20. The minimum atomic E-state index is 0.648. The van der Waals surface area contributed by atoms with Crippen LogP contribution in [0.25, 0.3) is 0 Å². The van der Waals surface area contributed by atoms with Crippen LogP contribution in [0.15, 0.2) is 34.9 Å². The summed E-state index contributed by atoms with van der Waals surface area (Å²) >= 11 is 0. The first-order valence-electron chi connectivity index (χ1n) is 6.94. The molecule has 0 atom stereocenters. The predicted molar refractivity (Wildman–Crippen MR) is 80.7 cm³/mol. The molecule has 0 radical (unpaired) electrons. The van der Waals surface area contributed by atoms with Crippen LogP contribution in [0.2, 0.25) is 0 Å². The first-order valence-corrected chi connectivity index (χ1v) is 6.94. The van der Waals surface area contributed by atoms with Crippen LogP contribution in [0.3, 0.4) is 0 Å². The van der Waals surface area contributed by atoms with Crippen LogP contribution in [0.4, 0.5) is 0 Å². The van der Waals surface area contributed by atoms with Gasteiger partial charge < -0.3 is 4.79 Å². The van der Waals surface area contributed by atoms with E-state index < -0.39 is 0 Å². The normalized spacial score (nSPS) is 12.4. The van der Waals surface area contributed by atoms with Gasteiger partial charge in [-0.2, -0.15) is 0 Å². The van der Waals surface area contributed by atoms with Crippen LogP contribution in [-0.2, 0) is 4.79 Å². The Morgan fingerprint density at radius 1 is 0.722 bits per heavy atom. The van der Waals surface area contributed by atoms with E-state index in [0.717, 1.165) is 32.0 Å². The van der Waals surface area contributed by atoms with Crippen LogP contribution in [-0.4, -0.2) is 6.29 Å². The summed E-state index contributed by atoms with van der Waals surface area (Å²) in [7, 11) is 0. The molecular weight excluding hydrogens is 220 g/mol. The van der Waals surface area contributed by atoms with Crippen LogP contribution >= 0.6 is 0 Å². The molecule has 0 bridgehead atoms. The minimum Gasteiger partial charge on any atom is -0.303 e. The fourth-order valence-electron chi connectivity index (χ4n) is 1.74. The second-order valence-corrected chi connectivity index (χ2v) is 5.20. The Bertz CT molecular complexity index is 315. The third-order valence-corrected chi connectivity index (χ3v) is 2.90. The number of carbonyl (C=O) groups excluding carboxylic acids is 1. The monoisotopic (exact) mass is 248 g/mol. The van der Waals surface area contributed by atoms with Gasteiger partial charge in [-0.25, -0.2) is 0 Å². The van der Waals surface area contributed by atoms with E-state index in [1.165, 1.54) is 23.1 Å². The highest BCUT2D eigenvalue weighted by Gasteiger charge is 1.92.